The molecule has 3 heterocycles. The Morgan fingerprint density at radius 2 is 2.09 bits per heavy atom. The predicted molar refractivity (Wildman–Crippen MR) is 169 cm³/mol. The standard InChI is InChI=1S/C34H42N4O5/c1-6-9-27(29-10-8-11-31(36-29)37-33(41-7-2)28(19-35)34(39)40)32(22(3)4)43-21-24-12-13-26-20-38(16-14-25(26)18-24)30-15-17-42-23(30)5/h6,8-13,18-19,23,30,35H,3,7,14-17,20-21H2,1-2,4-5H3,(H,36,37)(H,39,40)/b9-6-,32-27-,33-28-,35-19?. The van der Waals surface area contributed by atoms with Crippen molar-refractivity contribution in [1.82, 2.24) is 9.88 Å². The van der Waals surface area contributed by atoms with Crippen LogP contribution in [0.2, 0.25) is 0 Å². The summed E-state index contributed by atoms with van der Waals surface area (Å²) in [6.45, 7) is 15.3. The van der Waals surface area contributed by atoms with Gasteiger partial charge in [0.05, 0.1) is 18.4 Å². The van der Waals surface area contributed by atoms with Gasteiger partial charge < -0.3 is 30.0 Å². The molecule has 1 saturated heterocycles. The number of benzene rings is 1. The molecule has 0 aliphatic carbocycles. The highest BCUT2D eigenvalue weighted by molar-refractivity contribution is 6.08. The topological polar surface area (TPSA) is 117 Å². The van der Waals surface area contributed by atoms with E-state index >= 15 is 0 Å². The normalized spacial score (nSPS) is 19.7. The zero-order chi connectivity index (χ0) is 30.9. The minimum atomic E-state index is -1.27. The van der Waals surface area contributed by atoms with Gasteiger partial charge in [-0.2, -0.15) is 0 Å². The molecule has 0 saturated carbocycles. The highest BCUT2D eigenvalue weighted by Gasteiger charge is 2.32. The number of nitrogens with zero attached hydrogens (tertiary/aromatic N) is 2. The predicted octanol–water partition coefficient (Wildman–Crippen LogP) is 6.09. The summed E-state index contributed by atoms with van der Waals surface area (Å²) in [6, 6.07) is 12.5. The van der Waals surface area contributed by atoms with Gasteiger partial charge in [0.25, 0.3) is 0 Å². The van der Waals surface area contributed by atoms with Gasteiger partial charge in [-0.1, -0.05) is 43.0 Å². The van der Waals surface area contributed by atoms with Crippen LogP contribution in [0.4, 0.5) is 5.82 Å². The maximum absolute atomic E-state index is 11.6. The maximum Gasteiger partial charge on any atom is 0.342 e. The van der Waals surface area contributed by atoms with E-state index in [0.717, 1.165) is 55.5 Å². The van der Waals surface area contributed by atoms with E-state index in [1.807, 2.05) is 38.1 Å². The van der Waals surface area contributed by atoms with E-state index < -0.39 is 5.97 Å². The third-order valence-electron chi connectivity index (χ3n) is 7.64. The lowest BCUT2D eigenvalue weighted by molar-refractivity contribution is -0.132. The van der Waals surface area contributed by atoms with Gasteiger partial charge in [-0.05, 0) is 74.9 Å². The highest BCUT2D eigenvalue weighted by atomic mass is 16.5. The molecule has 0 amide bonds. The van der Waals surface area contributed by atoms with Crippen LogP contribution in [-0.4, -0.2) is 59.1 Å². The van der Waals surface area contributed by atoms with Gasteiger partial charge in [0, 0.05) is 37.5 Å². The van der Waals surface area contributed by atoms with Gasteiger partial charge in [0.1, 0.15) is 23.8 Å². The first-order valence-corrected chi connectivity index (χ1v) is 14.7. The smallest absolute Gasteiger partial charge is 0.342 e. The Labute approximate surface area is 254 Å². The maximum atomic E-state index is 11.6. The number of pyridine rings is 1. The largest absolute Gasteiger partial charge is 0.488 e. The van der Waals surface area contributed by atoms with Crippen LogP contribution in [-0.2, 0) is 38.6 Å². The number of fused-ring (bicyclic) bond motifs is 1. The lowest BCUT2D eigenvalue weighted by Crippen LogP contribution is -2.42. The van der Waals surface area contributed by atoms with E-state index in [9.17, 15) is 9.90 Å². The van der Waals surface area contributed by atoms with Gasteiger partial charge in [-0.3, -0.25) is 4.90 Å². The molecule has 0 bridgehead atoms. The SMILES string of the molecule is C=C(C)/C(OCc1ccc2c(c1)CCN(C1CCOC1C)C2)=C(\C=C/C)c1cccc(N/C(OCC)=C(\C=N)C(=O)O)n1. The number of carboxylic acid groups (broad SMARTS) is 1. The van der Waals surface area contributed by atoms with Crippen LogP contribution in [0.25, 0.3) is 5.57 Å². The molecule has 9 heteroatoms. The summed E-state index contributed by atoms with van der Waals surface area (Å²) >= 11 is 0. The molecule has 43 heavy (non-hydrogen) atoms. The Bertz CT molecular complexity index is 1440. The summed E-state index contributed by atoms with van der Waals surface area (Å²) in [5.74, 6) is -0.337. The molecular formula is C34H42N4O5. The second kappa shape index (κ2) is 14.8. The molecule has 2 atom stereocenters. The number of allylic oxidation sites excluding steroid dienone is 4. The number of nitrogens with one attached hydrogen (secondary N) is 2. The van der Waals surface area contributed by atoms with Crippen molar-refractivity contribution < 1.29 is 24.1 Å². The third kappa shape index (κ3) is 7.80. The van der Waals surface area contributed by atoms with Crippen molar-refractivity contribution in [1.29, 1.82) is 5.41 Å². The van der Waals surface area contributed by atoms with Crippen molar-refractivity contribution in [3.8, 4) is 0 Å². The second-order valence-corrected chi connectivity index (χ2v) is 10.7. The number of hydrogen-bond acceptors (Lipinski definition) is 8. The van der Waals surface area contributed by atoms with Crippen molar-refractivity contribution >= 4 is 23.6 Å². The zero-order valence-corrected chi connectivity index (χ0v) is 25.5. The molecule has 2 aliphatic heterocycles. The molecule has 1 aromatic carbocycles. The van der Waals surface area contributed by atoms with Crippen LogP contribution in [0.15, 0.2) is 77.9 Å². The fraction of sp³-hybridized carbons (Fsp3) is 0.382. The minimum Gasteiger partial charge on any atom is -0.488 e. The van der Waals surface area contributed by atoms with E-state index in [1.54, 1.807) is 13.0 Å². The van der Waals surface area contributed by atoms with Crippen LogP contribution in [0.3, 0.4) is 0 Å². The van der Waals surface area contributed by atoms with E-state index in [-0.39, 0.29) is 24.2 Å². The van der Waals surface area contributed by atoms with E-state index in [0.29, 0.717) is 29.9 Å². The fourth-order valence-corrected chi connectivity index (χ4v) is 5.55. The average molecular weight is 587 g/mol. The van der Waals surface area contributed by atoms with Crippen molar-refractivity contribution in [2.75, 3.05) is 25.1 Å². The lowest BCUT2D eigenvalue weighted by Gasteiger charge is -2.35. The number of rotatable bonds is 13. The first kappa shape index (κ1) is 31.7. The highest BCUT2D eigenvalue weighted by Crippen LogP contribution is 2.30. The van der Waals surface area contributed by atoms with Crippen molar-refractivity contribution in [2.45, 2.75) is 65.8 Å². The van der Waals surface area contributed by atoms with Crippen molar-refractivity contribution in [3.63, 3.8) is 0 Å². The molecule has 0 radical (unpaired) electrons. The van der Waals surface area contributed by atoms with E-state index in [4.69, 9.17) is 24.6 Å². The quantitative estimate of drug-likeness (QED) is 0.112. The molecule has 3 N–H and O–H groups in total. The average Bonchev–Trinajstić information content (AvgIpc) is 3.42. The zero-order valence-electron chi connectivity index (χ0n) is 25.5. The Hall–Kier alpha value is -4.21. The Morgan fingerprint density at radius 1 is 1.28 bits per heavy atom. The molecule has 9 nitrogen and oxygen atoms in total. The van der Waals surface area contributed by atoms with Gasteiger partial charge >= 0.3 is 5.97 Å². The Morgan fingerprint density at radius 3 is 2.74 bits per heavy atom. The van der Waals surface area contributed by atoms with Crippen LogP contribution in [0, 0.1) is 5.41 Å². The molecule has 0 spiro atoms. The number of hydrogen-bond donors (Lipinski definition) is 3. The van der Waals surface area contributed by atoms with Crippen LogP contribution in [0.1, 0.15) is 56.5 Å². The van der Waals surface area contributed by atoms with Gasteiger partial charge in [0.2, 0.25) is 5.88 Å². The second-order valence-electron chi connectivity index (χ2n) is 10.7. The van der Waals surface area contributed by atoms with E-state index in [1.165, 1.54) is 11.1 Å². The molecule has 4 rings (SSSR count). The van der Waals surface area contributed by atoms with Gasteiger partial charge in [-0.15, -0.1) is 0 Å². The summed E-state index contributed by atoms with van der Waals surface area (Å²) in [4.78, 5) is 18.9. The molecule has 2 aliphatic rings. The first-order valence-electron chi connectivity index (χ1n) is 14.7. The molecular weight excluding hydrogens is 544 g/mol. The van der Waals surface area contributed by atoms with Gasteiger partial charge in [0.15, 0.2) is 0 Å². The number of ether oxygens (including phenoxy) is 3. The Balaban J connectivity index is 1.56. The summed E-state index contributed by atoms with van der Waals surface area (Å²) in [5, 5.41) is 19.9. The van der Waals surface area contributed by atoms with Crippen LogP contribution < -0.4 is 5.32 Å². The molecule has 2 aromatic rings. The van der Waals surface area contributed by atoms with Crippen LogP contribution in [0.5, 0.6) is 0 Å². The van der Waals surface area contributed by atoms with E-state index in [2.05, 4.69) is 41.9 Å². The number of aliphatic carboxylic acids is 1. The van der Waals surface area contributed by atoms with Crippen molar-refractivity contribution in [2.24, 2.45) is 0 Å². The monoisotopic (exact) mass is 586 g/mol. The van der Waals surface area contributed by atoms with Crippen molar-refractivity contribution in [3.05, 3.63) is 100 Å². The molecule has 1 aromatic heterocycles. The first-order chi connectivity index (χ1) is 20.7. The van der Waals surface area contributed by atoms with Crippen LogP contribution >= 0.6 is 0 Å². The fourth-order valence-electron chi connectivity index (χ4n) is 5.55. The summed E-state index contributed by atoms with van der Waals surface area (Å²) in [5.41, 5.74) is 5.62. The number of carboxylic acids is 1. The van der Waals surface area contributed by atoms with Gasteiger partial charge in [-0.25, -0.2) is 9.78 Å². The molecule has 228 valence electrons. The summed E-state index contributed by atoms with van der Waals surface area (Å²) < 4.78 is 17.7. The summed E-state index contributed by atoms with van der Waals surface area (Å²) in [7, 11) is 0. The molecule has 1 fully saturated rings. The third-order valence-corrected chi connectivity index (χ3v) is 7.64. The lowest BCUT2D eigenvalue weighted by atomic mass is 9.95. The Kier molecular flexibility index (Phi) is 10.9. The minimum absolute atomic E-state index is 0.0517. The molecule has 2 unspecified atom stereocenters. The summed E-state index contributed by atoms with van der Waals surface area (Å²) in [6.07, 6.45) is 6.95. The number of carbonyl (C=O) groups is 1. The number of aromatic nitrogens is 1. The number of anilines is 1.